The van der Waals surface area contributed by atoms with Gasteiger partial charge in [0, 0.05) is 5.41 Å². The predicted molar refractivity (Wildman–Crippen MR) is 98.7 cm³/mol. The number of sulfonamides is 1. The lowest BCUT2D eigenvalue weighted by molar-refractivity contribution is 0.331. The van der Waals surface area contributed by atoms with E-state index in [1.54, 1.807) is 19.2 Å². The van der Waals surface area contributed by atoms with Gasteiger partial charge in [-0.05, 0) is 23.8 Å². The van der Waals surface area contributed by atoms with Gasteiger partial charge in [-0.1, -0.05) is 54.3 Å². The van der Waals surface area contributed by atoms with Crippen LogP contribution in [-0.2, 0) is 10.0 Å². The summed E-state index contributed by atoms with van der Waals surface area (Å²) in [7, 11) is -1.96. The number of hydrogen-bond acceptors (Lipinski definition) is 4. The third-order valence-electron chi connectivity index (χ3n) is 3.09. The molecule has 25 heavy (non-hydrogen) atoms. The van der Waals surface area contributed by atoms with Crippen molar-refractivity contribution in [1.82, 2.24) is 4.72 Å². The van der Waals surface area contributed by atoms with Crippen LogP contribution in [0.25, 0.3) is 6.08 Å². The Morgan fingerprint density at radius 3 is 2.40 bits per heavy atom. The molecule has 130 valence electrons. The molecule has 0 aliphatic rings. The zero-order valence-corrected chi connectivity index (χ0v) is 14.6. The molecule has 0 radical (unpaired) electrons. The van der Waals surface area contributed by atoms with Crippen LogP contribution in [0.4, 0.5) is 0 Å². The van der Waals surface area contributed by atoms with Crippen molar-refractivity contribution in [2.75, 3.05) is 20.3 Å². The molecule has 0 saturated carbocycles. The van der Waals surface area contributed by atoms with E-state index in [0.29, 0.717) is 11.5 Å². The van der Waals surface area contributed by atoms with Crippen molar-refractivity contribution in [2.24, 2.45) is 0 Å². The Labute approximate surface area is 148 Å². The van der Waals surface area contributed by atoms with Gasteiger partial charge in [-0.15, -0.1) is 0 Å². The second-order valence-corrected chi connectivity index (χ2v) is 6.52. The van der Waals surface area contributed by atoms with Crippen LogP contribution >= 0.6 is 0 Å². The summed E-state index contributed by atoms with van der Waals surface area (Å²) in [4.78, 5) is 0. The molecular formula is C19H19NO4S. The first-order valence-corrected chi connectivity index (χ1v) is 9.10. The first-order valence-electron chi connectivity index (χ1n) is 7.55. The summed E-state index contributed by atoms with van der Waals surface area (Å²) in [5.74, 6) is 6.67. The number of benzene rings is 2. The molecule has 0 aliphatic heterocycles. The predicted octanol–water partition coefficient (Wildman–Crippen LogP) is 2.67. The second kappa shape index (κ2) is 9.52. The number of hydrogen-bond donors (Lipinski definition) is 1. The van der Waals surface area contributed by atoms with E-state index in [0.717, 1.165) is 11.0 Å². The van der Waals surface area contributed by atoms with Crippen molar-refractivity contribution in [3.63, 3.8) is 0 Å². The number of methoxy groups -OCH3 is 1. The molecule has 5 nitrogen and oxygen atoms in total. The summed E-state index contributed by atoms with van der Waals surface area (Å²) in [5.41, 5.74) is 0.809. The van der Waals surface area contributed by atoms with Crippen LogP contribution in [0.2, 0.25) is 0 Å². The molecule has 6 heteroatoms. The van der Waals surface area contributed by atoms with Gasteiger partial charge < -0.3 is 9.47 Å². The molecule has 1 N–H and O–H groups in total. The maximum atomic E-state index is 11.8. The molecule has 0 atom stereocenters. The zero-order chi connectivity index (χ0) is 18.0. The number of para-hydroxylation sites is 2. The van der Waals surface area contributed by atoms with Crippen molar-refractivity contribution in [1.29, 1.82) is 0 Å². The topological polar surface area (TPSA) is 64.6 Å². The van der Waals surface area contributed by atoms with E-state index in [1.807, 2.05) is 42.5 Å². The third-order valence-corrected chi connectivity index (χ3v) is 4.14. The summed E-state index contributed by atoms with van der Waals surface area (Å²) in [5, 5.41) is 1.12. The Hall–Kier alpha value is -2.75. The van der Waals surface area contributed by atoms with E-state index in [9.17, 15) is 8.42 Å². The van der Waals surface area contributed by atoms with E-state index in [4.69, 9.17) is 9.47 Å². The van der Waals surface area contributed by atoms with E-state index in [-0.39, 0.29) is 13.2 Å². The van der Waals surface area contributed by atoms with Crippen molar-refractivity contribution in [2.45, 2.75) is 0 Å². The molecule has 2 rings (SSSR count). The standard InChI is InChI=1S/C19H19NO4S/c1-23-18-11-5-6-12-19(18)24-15-8-7-14-20-25(21,22)16-13-17-9-3-2-4-10-17/h2-6,9-13,16,20H,14-15H2,1H3. The first kappa shape index (κ1) is 18.6. The summed E-state index contributed by atoms with van der Waals surface area (Å²) < 4.78 is 36.7. The minimum Gasteiger partial charge on any atom is -0.493 e. The summed E-state index contributed by atoms with van der Waals surface area (Å²) in [6.45, 7) is 0.151. The first-order chi connectivity index (χ1) is 12.1. The number of rotatable bonds is 7. The van der Waals surface area contributed by atoms with Crippen LogP contribution < -0.4 is 14.2 Å². The summed E-state index contributed by atoms with van der Waals surface area (Å²) in [6, 6.07) is 16.4. The molecule has 0 aromatic heterocycles. The van der Waals surface area contributed by atoms with Crippen LogP contribution in [0.3, 0.4) is 0 Å². The van der Waals surface area contributed by atoms with Gasteiger partial charge in [0.15, 0.2) is 11.5 Å². The monoisotopic (exact) mass is 357 g/mol. The number of nitrogens with one attached hydrogen (secondary N) is 1. The van der Waals surface area contributed by atoms with Gasteiger partial charge in [-0.25, -0.2) is 8.42 Å². The summed E-state index contributed by atoms with van der Waals surface area (Å²) >= 11 is 0. The minimum absolute atomic E-state index is 0.0107. The molecule has 0 bridgehead atoms. The largest absolute Gasteiger partial charge is 0.493 e. The van der Waals surface area contributed by atoms with Gasteiger partial charge in [-0.3, -0.25) is 0 Å². The molecule has 0 heterocycles. The maximum absolute atomic E-state index is 11.8. The fraction of sp³-hybridized carbons (Fsp3) is 0.158. The Morgan fingerprint density at radius 2 is 1.68 bits per heavy atom. The fourth-order valence-corrected chi connectivity index (χ4v) is 2.59. The second-order valence-electron chi connectivity index (χ2n) is 4.87. The summed E-state index contributed by atoms with van der Waals surface area (Å²) in [6.07, 6.45) is 1.53. The van der Waals surface area contributed by atoms with Crippen molar-refractivity contribution >= 4 is 16.1 Å². The molecule has 0 fully saturated rings. The maximum Gasteiger partial charge on any atom is 0.234 e. The zero-order valence-electron chi connectivity index (χ0n) is 13.8. The lowest BCUT2D eigenvalue weighted by Crippen LogP contribution is -2.21. The normalized spacial score (nSPS) is 10.9. The van der Waals surface area contributed by atoms with Crippen molar-refractivity contribution < 1.29 is 17.9 Å². The van der Waals surface area contributed by atoms with Crippen LogP contribution in [0.5, 0.6) is 11.5 Å². The minimum atomic E-state index is -3.52. The fourth-order valence-electron chi connectivity index (χ4n) is 1.88. The van der Waals surface area contributed by atoms with E-state index < -0.39 is 10.0 Å². The SMILES string of the molecule is COc1ccccc1OCC#CCNS(=O)(=O)C=Cc1ccccc1. The van der Waals surface area contributed by atoms with E-state index in [2.05, 4.69) is 16.6 Å². The average Bonchev–Trinajstić information content (AvgIpc) is 2.64. The third kappa shape index (κ3) is 6.71. The van der Waals surface area contributed by atoms with Crippen LogP contribution in [0.15, 0.2) is 60.0 Å². The molecule has 0 spiro atoms. The molecule has 0 aliphatic carbocycles. The Morgan fingerprint density at radius 1 is 1.00 bits per heavy atom. The highest BCUT2D eigenvalue weighted by atomic mass is 32.2. The quantitative estimate of drug-likeness (QED) is 0.774. The highest BCUT2D eigenvalue weighted by molar-refractivity contribution is 7.92. The van der Waals surface area contributed by atoms with Crippen molar-refractivity contribution in [3.8, 4) is 23.3 Å². The Balaban J connectivity index is 1.78. The van der Waals surface area contributed by atoms with Crippen LogP contribution in [0, 0.1) is 11.8 Å². The van der Waals surface area contributed by atoms with E-state index >= 15 is 0 Å². The molecule has 0 amide bonds. The van der Waals surface area contributed by atoms with Crippen molar-refractivity contribution in [3.05, 3.63) is 65.6 Å². The van der Waals surface area contributed by atoms with Gasteiger partial charge in [0.25, 0.3) is 0 Å². The smallest absolute Gasteiger partial charge is 0.234 e. The lowest BCUT2D eigenvalue weighted by atomic mass is 10.2. The number of ether oxygens (including phenoxy) is 2. The van der Waals surface area contributed by atoms with Crippen LogP contribution in [-0.4, -0.2) is 28.7 Å². The van der Waals surface area contributed by atoms with Gasteiger partial charge in [0.05, 0.1) is 13.7 Å². The highest BCUT2D eigenvalue weighted by Crippen LogP contribution is 2.25. The molecule has 2 aromatic rings. The molecule has 2 aromatic carbocycles. The lowest BCUT2D eigenvalue weighted by Gasteiger charge is -2.07. The average molecular weight is 357 g/mol. The van der Waals surface area contributed by atoms with Gasteiger partial charge in [0.1, 0.15) is 6.61 Å². The van der Waals surface area contributed by atoms with E-state index in [1.165, 1.54) is 6.08 Å². The Bertz CT molecular complexity index is 865. The van der Waals surface area contributed by atoms with Gasteiger partial charge >= 0.3 is 0 Å². The molecule has 0 saturated heterocycles. The molecular weight excluding hydrogens is 338 g/mol. The van der Waals surface area contributed by atoms with Gasteiger partial charge in [0.2, 0.25) is 10.0 Å². The van der Waals surface area contributed by atoms with Gasteiger partial charge in [-0.2, -0.15) is 4.72 Å². The van der Waals surface area contributed by atoms with Crippen LogP contribution in [0.1, 0.15) is 5.56 Å². The Kier molecular flexibility index (Phi) is 7.08. The molecule has 0 unspecified atom stereocenters. The highest BCUT2D eigenvalue weighted by Gasteiger charge is 2.02.